The van der Waals surface area contributed by atoms with Gasteiger partial charge in [0.05, 0.1) is 11.5 Å². The second kappa shape index (κ2) is 8.15. The van der Waals surface area contributed by atoms with Gasteiger partial charge in [0.15, 0.2) is 0 Å². The molecule has 0 heterocycles. The molecule has 0 aliphatic heterocycles. The summed E-state index contributed by atoms with van der Waals surface area (Å²) in [5.41, 5.74) is -0.189. The molecule has 0 unspecified atom stereocenters. The summed E-state index contributed by atoms with van der Waals surface area (Å²) in [7, 11) is 0. The maximum absolute atomic E-state index is 12.2. The molecule has 0 amide bonds. The molecule has 0 radical (unpaired) electrons. The summed E-state index contributed by atoms with van der Waals surface area (Å²) in [6.45, 7) is 2.25. The van der Waals surface area contributed by atoms with Crippen molar-refractivity contribution in [3.05, 3.63) is 60.2 Å². The third-order valence-corrected chi connectivity index (χ3v) is 5.15. The van der Waals surface area contributed by atoms with E-state index in [0.29, 0.717) is 4.90 Å². The zero-order valence-corrected chi connectivity index (χ0v) is 15.3. The molecule has 134 valence electrons. The Labute approximate surface area is 156 Å². The van der Waals surface area contributed by atoms with Crippen LogP contribution in [0.3, 0.4) is 0 Å². The Morgan fingerprint density at radius 1 is 1.00 bits per heavy atom. The van der Waals surface area contributed by atoms with E-state index in [1.54, 1.807) is 6.07 Å². The zero-order valence-electron chi connectivity index (χ0n) is 14.4. The van der Waals surface area contributed by atoms with Crippen molar-refractivity contribution in [3.63, 3.8) is 0 Å². The summed E-state index contributed by atoms with van der Waals surface area (Å²) in [5.74, 6) is -1.26. The van der Waals surface area contributed by atoms with Crippen molar-refractivity contribution in [2.45, 2.75) is 29.6 Å². The highest BCUT2D eigenvalue weighted by Crippen LogP contribution is 2.42. The van der Waals surface area contributed by atoms with E-state index in [1.165, 1.54) is 17.8 Å². The first-order chi connectivity index (χ1) is 12.6. The first-order valence-corrected chi connectivity index (χ1v) is 9.31. The van der Waals surface area contributed by atoms with E-state index in [0.717, 1.165) is 28.5 Å². The molecule has 0 saturated heterocycles. The maximum atomic E-state index is 12.2. The number of phenols is 2. The second-order valence-electron chi connectivity index (χ2n) is 5.88. The van der Waals surface area contributed by atoms with Crippen LogP contribution in [-0.2, 0) is 4.74 Å². The van der Waals surface area contributed by atoms with Gasteiger partial charge in [0, 0.05) is 4.90 Å². The van der Waals surface area contributed by atoms with Gasteiger partial charge >= 0.3 is 5.97 Å². The lowest BCUT2D eigenvalue weighted by molar-refractivity contribution is 0.0492. The first kappa shape index (κ1) is 18.1. The van der Waals surface area contributed by atoms with Gasteiger partial charge in [-0.25, -0.2) is 4.79 Å². The Bertz CT molecular complexity index is 931. The largest absolute Gasteiger partial charge is 0.507 e. The van der Waals surface area contributed by atoms with E-state index < -0.39 is 5.97 Å². The van der Waals surface area contributed by atoms with Gasteiger partial charge < -0.3 is 14.9 Å². The molecular formula is C21H20O4S. The number of esters is 1. The van der Waals surface area contributed by atoms with Crippen molar-refractivity contribution >= 4 is 28.5 Å². The number of fused-ring (bicyclic) bond motifs is 1. The Morgan fingerprint density at radius 3 is 2.58 bits per heavy atom. The maximum Gasteiger partial charge on any atom is 0.345 e. The van der Waals surface area contributed by atoms with Gasteiger partial charge in [-0.2, -0.15) is 0 Å². The molecule has 0 bridgehead atoms. The molecule has 2 N–H and O–H groups in total. The van der Waals surface area contributed by atoms with Crippen LogP contribution in [0.2, 0.25) is 0 Å². The van der Waals surface area contributed by atoms with E-state index in [1.807, 2.05) is 49.4 Å². The van der Waals surface area contributed by atoms with E-state index in [9.17, 15) is 15.0 Å². The van der Waals surface area contributed by atoms with Gasteiger partial charge in [-0.3, -0.25) is 0 Å². The Kier molecular flexibility index (Phi) is 5.68. The molecule has 3 aromatic rings. The second-order valence-corrected chi connectivity index (χ2v) is 6.96. The number of ether oxygens (including phenoxy) is 1. The highest BCUT2D eigenvalue weighted by Gasteiger charge is 2.21. The average molecular weight is 368 g/mol. The standard InChI is InChI=1S/C21H20O4S/c1-2-3-13-25-21(24)19-16(22)11-12-18(20(19)23)26-17-10-6-8-14-7-4-5-9-15(14)17/h4-12,22-23H,2-3,13H2,1H3. The fourth-order valence-electron chi connectivity index (χ4n) is 2.63. The van der Waals surface area contributed by atoms with Crippen LogP contribution in [0, 0.1) is 0 Å². The predicted molar refractivity (Wildman–Crippen MR) is 103 cm³/mol. The van der Waals surface area contributed by atoms with Crippen LogP contribution in [0.4, 0.5) is 0 Å². The molecule has 0 aliphatic rings. The minimum atomic E-state index is -0.714. The SMILES string of the molecule is CCCCOC(=O)c1c(O)ccc(Sc2cccc3ccccc23)c1O. The van der Waals surface area contributed by atoms with E-state index in [2.05, 4.69) is 0 Å². The summed E-state index contributed by atoms with van der Waals surface area (Å²) in [6.07, 6.45) is 1.62. The number of carbonyl (C=O) groups excluding carboxylic acids is 1. The molecule has 3 aromatic carbocycles. The Hall–Kier alpha value is -2.66. The van der Waals surface area contributed by atoms with Crippen molar-refractivity contribution < 1.29 is 19.7 Å². The lowest BCUT2D eigenvalue weighted by Crippen LogP contribution is -2.07. The number of benzene rings is 3. The van der Waals surface area contributed by atoms with Crippen molar-refractivity contribution in [1.82, 2.24) is 0 Å². The predicted octanol–water partition coefficient (Wildman–Crippen LogP) is 5.36. The third kappa shape index (κ3) is 3.78. The van der Waals surface area contributed by atoms with Crippen LogP contribution in [-0.4, -0.2) is 22.8 Å². The lowest BCUT2D eigenvalue weighted by atomic mass is 10.1. The molecule has 5 heteroatoms. The molecule has 0 aromatic heterocycles. The summed E-state index contributed by atoms with van der Waals surface area (Å²) in [6, 6.07) is 16.9. The fourth-order valence-corrected chi connectivity index (χ4v) is 3.64. The molecule has 0 spiro atoms. The highest BCUT2D eigenvalue weighted by atomic mass is 32.2. The van der Waals surface area contributed by atoms with Gasteiger partial charge in [-0.15, -0.1) is 0 Å². The van der Waals surface area contributed by atoms with Crippen molar-refractivity contribution in [2.75, 3.05) is 6.61 Å². The molecule has 0 fully saturated rings. The van der Waals surface area contributed by atoms with Crippen LogP contribution in [0.1, 0.15) is 30.1 Å². The van der Waals surface area contributed by atoms with E-state index >= 15 is 0 Å². The number of unbranched alkanes of at least 4 members (excludes halogenated alkanes) is 1. The minimum absolute atomic E-state index is 0.189. The molecule has 0 saturated carbocycles. The van der Waals surface area contributed by atoms with Crippen molar-refractivity contribution in [1.29, 1.82) is 0 Å². The highest BCUT2D eigenvalue weighted by molar-refractivity contribution is 7.99. The summed E-state index contributed by atoms with van der Waals surface area (Å²) in [4.78, 5) is 13.7. The number of rotatable bonds is 6. The molecule has 26 heavy (non-hydrogen) atoms. The van der Waals surface area contributed by atoms with Gasteiger partial charge in [0.1, 0.15) is 17.1 Å². The Morgan fingerprint density at radius 2 is 1.77 bits per heavy atom. The van der Waals surface area contributed by atoms with E-state index in [4.69, 9.17) is 4.74 Å². The molecule has 0 aliphatic carbocycles. The normalized spacial score (nSPS) is 10.8. The fraction of sp³-hybridized carbons (Fsp3) is 0.190. The van der Waals surface area contributed by atoms with Crippen molar-refractivity contribution in [3.8, 4) is 11.5 Å². The Balaban J connectivity index is 1.93. The van der Waals surface area contributed by atoms with Crippen LogP contribution in [0.5, 0.6) is 11.5 Å². The number of hydrogen-bond acceptors (Lipinski definition) is 5. The van der Waals surface area contributed by atoms with Crippen LogP contribution in [0.25, 0.3) is 10.8 Å². The number of phenolic OH excluding ortho intramolecular Hbond substituents is 2. The molecular weight excluding hydrogens is 348 g/mol. The minimum Gasteiger partial charge on any atom is -0.507 e. The zero-order chi connectivity index (χ0) is 18.5. The van der Waals surface area contributed by atoms with Crippen LogP contribution in [0.15, 0.2) is 64.4 Å². The molecule has 3 rings (SSSR count). The number of hydrogen-bond donors (Lipinski definition) is 2. The monoisotopic (exact) mass is 368 g/mol. The van der Waals surface area contributed by atoms with E-state index in [-0.39, 0.29) is 23.7 Å². The van der Waals surface area contributed by atoms with Gasteiger partial charge in [0.25, 0.3) is 0 Å². The lowest BCUT2D eigenvalue weighted by Gasteiger charge is -2.12. The van der Waals surface area contributed by atoms with Crippen molar-refractivity contribution in [2.24, 2.45) is 0 Å². The first-order valence-electron chi connectivity index (χ1n) is 8.49. The topological polar surface area (TPSA) is 66.8 Å². The number of carbonyl (C=O) groups is 1. The summed E-state index contributed by atoms with van der Waals surface area (Å²) >= 11 is 1.34. The molecule has 0 atom stereocenters. The van der Waals surface area contributed by atoms with Gasteiger partial charge in [-0.05, 0) is 35.4 Å². The van der Waals surface area contributed by atoms with Crippen LogP contribution >= 0.6 is 11.8 Å². The summed E-state index contributed by atoms with van der Waals surface area (Å²) in [5, 5.41) is 22.7. The summed E-state index contributed by atoms with van der Waals surface area (Å²) < 4.78 is 5.14. The third-order valence-electron chi connectivity index (χ3n) is 4.02. The van der Waals surface area contributed by atoms with Gasteiger partial charge in [-0.1, -0.05) is 61.5 Å². The van der Waals surface area contributed by atoms with Gasteiger partial charge in [0.2, 0.25) is 0 Å². The average Bonchev–Trinajstić information content (AvgIpc) is 2.64. The quantitative estimate of drug-likeness (QED) is 0.453. The smallest absolute Gasteiger partial charge is 0.345 e. The molecule has 4 nitrogen and oxygen atoms in total. The number of aromatic hydroxyl groups is 2. The van der Waals surface area contributed by atoms with Crippen LogP contribution < -0.4 is 0 Å².